The molecule has 0 saturated carbocycles. The summed E-state index contributed by atoms with van der Waals surface area (Å²) >= 11 is 1.77. The summed E-state index contributed by atoms with van der Waals surface area (Å²) in [5, 5.41) is 2.12. The first-order chi connectivity index (χ1) is 10.3. The lowest BCUT2D eigenvalue weighted by molar-refractivity contribution is 0.416. The first-order valence-corrected chi connectivity index (χ1v) is 7.85. The van der Waals surface area contributed by atoms with Crippen molar-refractivity contribution in [3.05, 3.63) is 47.5 Å². The molecule has 0 radical (unpaired) electrons. The zero-order valence-corrected chi connectivity index (χ0v) is 12.6. The summed E-state index contributed by atoms with van der Waals surface area (Å²) < 4.78 is 7.68. The first-order valence-electron chi connectivity index (χ1n) is 6.97. The van der Waals surface area contributed by atoms with Crippen molar-refractivity contribution in [2.45, 2.75) is 13.0 Å². The molecule has 2 N–H and O–H groups in total. The fraction of sp³-hybridized carbons (Fsp3) is 0.176. The highest BCUT2D eigenvalue weighted by atomic mass is 32.1. The van der Waals surface area contributed by atoms with E-state index in [1.165, 1.54) is 27.3 Å². The van der Waals surface area contributed by atoms with Crippen LogP contribution in [0.1, 0.15) is 5.56 Å². The molecule has 1 aliphatic heterocycles. The van der Waals surface area contributed by atoms with Gasteiger partial charge in [0.15, 0.2) is 0 Å². The molecule has 0 saturated heterocycles. The minimum absolute atomic E-state index is 0.697. The van der Waals surface area contributed by atoms with Crippen LogP contribution in [0.4, 0.5) is 5.69 Å². The second kappa shape index (κ2) is 4.67. The number of anilines is 1. The van der Waals surface area contributed by atoms with Gasteiger partial charge in [0.2, 0.25) is 0 Å². The van der Waals surface area contributed by atoms with Gasteiger partial charge in [-0.05, 0) is 41.6 Å². The number of aryl methyl sites for hydroxylation is 2. The molecule has 4 rings (SSSR count). The normalized spacial score (nSPS) is 12.8. The van der Waals surface area contributed by atoms with Crippen LogP contribution in [0.5, 0.6) is 5.75 Å². The monoisotopic (exact) mass is 296 g/mol. The van der Waals surface area contributed by atoms with Crippen LogP contribution in [0.15, 0.2) is 41.9 Å². The van der Waals surface area contributed by atoms with Crippen molar-refractivity contribution in [3.63, 3.8) is 0 Å². The molecule has 0 amide bonds. The van der Waals surface area contributed by atoms with Crippen LogP contribution in [-0.4, -0.2) is 11.7 Å². The number of fused-ring (bicyclic) bond motifs is 3. The zero-order valence-electron chi connectivity index (χ0n) is 11.8. The van der Waals surface area contributed by atoms with Gasteiger partial charge in [-0.15, -0.1) is 11.3 Å². The van der Waals surface area contributed by atoms with E-state index in [0.717, 1.165) is 18.7 Å². The lowest BCUT2D eigenvalue weighted by Crippen LogP contribution is -2.11. The lowest BCUT2D eigenvalue weighted by Gasteiger charge is -2.22. The molecule has 0 aliphatic carbocycles. The molecule has 0 spiro atoms. The van der Waals surface area contributed by atoms with Crippen LogP contribution in [-0.2, 0) is 13.0 Å². The smallest absolute Gasteiger partial charge is 0.142 e. The number of thiophene rings is 1. The second-order valence-electron chi connectivity index (χ2n) is 5.25. The molecule has 1 aromatic carbocycles. The molecule has 21 heavy (non-hydrogen) atoms. The van der Waals surface area contributed by atoms with E-state index in [-0.39, 0.29) is 0 Å². The van der Waals surface area contributed by atoms with Crippen molar-refractivity contribution in [2.24, 2.45) is 0 Å². The summed E-state index contributed by atoms with van der Waals surface area (Å²) in [6.45, 7) is 1.00. The Kier molecular flexibility index (Phi) is 2.79. The van der Waals surface area contributed by atoms with Gasteiger partial charge in [-0.1, -0.05) is 6.07 Å². The average molecular weight is 296 g/mol. The number of nitrogens with zero attached hydrogens (tertiary/aromatic N) is 1. The molecule has 0 atom stereocenters. The van der Waals surface area contributed by atoms with E-state index in [1.54, 1.807) is 18.4 Å². The van der Waals surface area contributed by atoms with Crippen LogP contribution in [0.3, 0.4) is 0 Å². The predicted molar refractivity (Wildman–Crippen MR) is 87.8 cm³/mol. The molecule has 3 heterocycles. The van der Waals surface area contributed by atoms with E-state index in [0.29, 0.717) is 5.69 Å². The molecular formula is C17H16N2OS. The number of nitrogens with two attached hydrogens (primary N) is 1. The van der Waals surface area contributed by atoms with Crippen molar-refractivity contribution in [2.75, 3.05) is 12.8 Å². The van der Waals surface area contributed by atoms with Gasteiger partial charge in [0.1, 0.15) is 5.75 Å². The largest absolute Gasteiger partial charge is 0.495 e. The summed E-state index contributed by atoms with van der Waals surface area (Å²) in [6, 6.07) is 10.6. The van der Waals surface area contributed by atoms with E-state index in [2.05, 4.69) is 46.5 Å². The molecule has 0 unspecified atom stereocenters. The van der Waals surface area contributed by atoms with Gasteiger partial charge in [0, 0.05) is 28.7 Å². The number of hydrogen-bond acceptors (Lipinski definition) is 3. The number of aromatic nitrogens is 1. The van der Waals surface area contributed by atoms with E-state index in [1.807, 2.05) is 0 Å². The molecule has 4 heteroatoms. The number of ether oxygens (including phenoxy) is 1. The summed E-state index contributed by atoms with van der Waals surface area (Å²) in [5.41, 5.74) is 11.9. The van der Waals surface area contributed by atoms with Crippen molar-refractivity contribution in [3.8, 4) is 27.4 Å². The van der Waals surface area contributed by atoms with Crippen molar-refractivity contribution in [1.29, 1.82) is 0 Å². The number of nitrogen functional groups attached to an aromatic ring is 1. The topological polar surface area (TPSA) is 40.2 Å². The summed E-state index contributed by atoms with van der Waals surface area (Å²) in [6.07, 6.45) is 3.19. The van der Waals surface area contributed by atoms with Crippen molar-refractivity contribution in [1.82, 2.24) is 4.57 Å². The fourth-order valence-corrected chi connectivity index (χ4v) is 3.83. The van der Waals surface area contributed by atoms with Gasteiger partial charge in [0.25, 0.3) is 0 Å². The molecule has 0 bridgehead atoms. The van der Waals surface area contributed by atoms with E-state index < -0.39 is 0 Å². The molecule has 106 valence electrons. The zero-order chi connectivity index (χ0) is 14.4. The lowest BCUT2D eigenvalue weighted by atomic mass is 9.95. The van der Waals surface area contributed by atoms with Gasteiger partial charge >= 0.3 is 0 Å². The quantitative estimate of drug-likeness (QED) is 0.725. The van der Waals surface area contributed by atoms with Gasteiger partial charge in [-0.2, -0.15) is 0 Å². The van der Waals surface area contributed by atoms with Crippen molar-refractivity contribution >= 4 is 17.0 Å². The summed E-state index contributed by atoms with van der Waals surface area (Å²) in [5.74, 6) is 0.770. The van der Waals surface area contributed by atoms with E-state index >= 15 is 0 Å². The van der Waals surface area contributed by atoms with Gasteiger partial charge in [-0.25, -0.2) is 0 Å². The second-order valence-corrected chi connectivity index (χ2v) is 6.20. The maximum absolute atomic E-state index is 6.12. The summed E-state index contributed by atoms with van der Waals surface area (Å²) in [4.78, 5) is 1.30. The average Bonchev–Trinajstić information content (AvgIpc) is 3.15. The van der Waals surface area contributed by atoms with E-state index in [4.69, 9.17) is 10.5 Å². The van der Waals surface area contributed by atoms with Crippen molar-refractivity contribution < 1.29 is 4.74 Å². The Hall–Kier alpha value is -2.20. The number of hydrogen-bond donors (Lipinski definition) is 1. The number of rotatable bonds is 2. The SMILES string of the molecule is COc1cc2c(cc1N)-c1c(-c3cccs3)ccn1CC2. The summed E-state index contributed by atoms with van der Waals surface area (Å²) in [7, 11) is 1.67. The van der Waals surface area contributed by atoms with Crippen LogP contribution < -0.4 is 10.5 Å². The third kappa shape index (κ3) is 1.87. The fourth-order valence-electron chi connectivity index (χ4n) is 3.07. The Labute approximate surface area is 127 Å². The number of benzene rings is 1. The highest BCUT2D eigenvalue weighted by molar-refractivity contribution is 7.13. The third-order valence-electron chi connectivity index (χ3n) is 4.08. The first kappa shape index (κ1) is 12.5. The molecule has 2 aromatic heterocycles. The Morgan fingerprint density at radius 1 is 1.24 bits per heavy atom. The Morgan fingerprint density at radius 3 is 2.90 bits per heavy atom. The van der Waals surface area contributed by atoms with Crippen LogP contribution >= 0.6 is 11.3 Å². The Morgan fingerprint density at radius 2 is 2.14 bits per heavy atom. The minimum Gasteiger partial charge on any atom is -0.495 e. The third-order valence-corrected chi connectivity index (χ3v) is 4.99. The predicted octanol–water partition coefficient (Wildman–Crippen LogP) is 4.03. The van der Waals surface area contributed by atoms with Crippen LogP contribution in [0.2, 0.25) is 0 Å². The molecule has 3 aromatic rings. The molecular weight excluding hydrogens is 280 g/mol. The van der Waals surface area contributed by atoms with Gasteiger partial charge < -0.3 is 15.0 Å². The highest BCUT2D eigenvalue weighted by Gasteiger charge is 2.22. The van der Waals surface area contributed by atoms with E-state index in [9.17, 15) is 0 Å². The number of methoxy groups -OCH3 is 1. The molecule has 1 aliphatic rings. The molecule has 3 nitrogen and oxygen atoms in total. The Balaban J connectivity index is 1.95. The Bertz CT molecular complexity index is 803. The molecule has 0 fully saturated rings. The maximum atomic E-state index is 6.12. The van der Waals surface area contributed by atoms with Gasteiger partial charge in [0.05, 0.1) is 18.5 Å². The van der Waals surface area contributed by atoms with Gasteiger partial charge in [-0.3, -0.25) is 0 Å². The standard InChI is InChI=1S/C17H16N2OS/c1-20-15-9-11-4-6-19-7-5-12(16-3-2-8-21-16)17(19)13(11)10-14(15)18/h2-3,5,7-10H,4,6,18H2,1H3. The van der Waals surface area contributed by atoms with Crippen LogP contribution in [0.25, 0.3) is 21.7 Å². The highest BCUT2D eigenvalue weighted by Crippen LogP contribution is 2.42. The maximum Gasteiger partial charge on any atom is 0.142 e. The van der Waals surface area contributed by atoms with Crippen LogP contribution in [0, 0.1) is 0 Å². The minimum atomic E-state index is 0.697.